The maximum atomic E-state index is 10.8. The van der Waals surface area contributed by atoms with Crippen molar-refractivity contribution in [2.75, 3.05) is 0 Å². The molecule has 9 atom stereocenters. The van der Waals surface area contributed by atoms with E-state index < -0.39 is 5.60 Å². The molecule has 0 radical (unpaired) electrons. The lowest BCUT2D eigenvalue weighted by atomic mass is 9.35. The summed E-state index contributed by atoms with van der Waals surface area (Å²) in [7, 11) is 0. The third-order valence-corrected chi connectivity index (χ3v) is 12.2. The lowest BCUT2D eigenvalue weighted by Crippen LogP contribution is -2.63. The Bertz CT molecular complexity index is 732. The van der Waals surface area contributed by atoms with Crippen LogP contribution in [0.3, 0.4) is 0 Å². The van der Waals surface area contributed by atoms with Crippen molar-refractivity contribution in [3.05, 3.63) is 12.2 Å². The van der Waals surface area contributed by atoms with E-state index >= 15 is 0 Å². The topological polar surface area (TPSA) is 40.5 Å². The second kappa shape index (κ2) is 7.84. The van der Waals surface area contributed by atoms with Gasteiger partial charge in [-0.3, -0.25) is 0 Å². The number of aliphatic hydroxyl groups is 2. The highest BCUT2D eigenvalue weighted by molar-refractivity contribution is 5.17. The van der Waals surface area contributed by atoms with Gasteiger partial charge in [0.15, 0.2) is 0 Å². The third-order valence-electron chi connectivity index (χ3n) is 12.2. The summed E-state index contributed by atoms with van der Waals surface area (Å²) in [6.07, 6.45) is 15.6. The van der Waals surface area contributed by atoms with Gasteiger partial charge in [-0.15, -0.1) is 0 Å². The molecule has 0 unspecified atom stereocenters. The Balaban J connectivity index is 1.57. The van der Waals surface area contributed by atoms with E-state index in [9.17, 15) is 10.2 Å². The number of rotatable bonds is 4. The van der Waals surface area contributed by atoms with E-state index in [2.05, 4.69) is 47.6 Å². The fourth-order valence-corrected chi connectivity index (χ4v) is 10.2. The molecule has 4 rings (SSSR count). The van der Waals surface area contributed by atoms with Gasteiger partial charge in [-0.05, 0) is 123 Å². The van der Waals surface area contributed by atoms with E-state index in [1.54, 1.807) is 0 Å². The van der Waals surface area contributed by atoms with Gasteiger partial charge in [0, 0.05) is 0 Å². The van der Waals surface area contributed by atoms with Crippen molar-refractivity contribution in [1.29, 1.82) is 0 Å². The summed E-state index contributed by atoms with van der Waals surface area (Å²) in [6.45, 7) is 18.9. The van der Waals surface area contributed by atoms with Crippen LogP contribution in [0, 0.1) is 51.2 Å². The van der Waals surface area contributed by atoms with E-state index in [-0.39, 0.29) is 11.5 Å². The van der Waals surface area contributed by atoms with Crippen LogP contribution in [0.15, 0.2) is 12.2 Å². The largest absolute Gasteiger partial charge is 0.393 e. The van der Waals surface area contributed by atoms with Gasteiger partial charge in [0.1, 0.15) is 0 Å². The Morgan fingerprint density at radius 1 is 0.875 bits per heavy atom. The van der Waals surface area contributed by atoms with Gasteiger partial charge in [-0.25, -0.2) is 0 Å². The van der Waals surface area contributed by atoms with E-state index in [1.165, 1.54) is 44.9 Å². The van der Waals surface area contributed by atoms with Crippen LogP contribution in [-0.2, 0) is 0 Å². The fourth-order valence-electron chi connectivity index (χ4n) is 10.2. The highest BCUT2D eigenvalue weighted by Gasteiger charge is 2.68. The van der Waals surface area contributed by atoms with Crippen LogP contribution in [0.1, 0.15) is 113 Å². The van der Waals surface area contributed by atoms with Crippen LogP contribution in [0.5, 0.6) is 0 Å². The third kappa shape index (κ3) is 3.57. The Morgan fingerprint density at radius 2 is 1.53 bits per heavy atom. The quantitative estimate of drug-likeness (QED) is 0.444. The molecule has 0 spiro atoms. The molecule has 2 nitrogen and oxygen atoms in total. The van der Waals surface area contributed by atoms with Gasteiger partial charge in [0.05, 0.1) is 11.7 Å². The molecular formula is C30H52O2. The second-order valence-electron chi connectivity index (χ2n) is 14.5. The van der Waals surface area contributed by atoms with Gasteiger partial charge >= 0.3 is 0 Å². The molecule has 4 aliphatic carbocycles. The fraction of sp³-hybridized carbons (Fsp3) is 0.933. The summed E-state index contributed by atoms with van der Waals surface area (Å²) in [4.78, 5) is 0. The molecule has 0 saturated heterocycles. The smallest absolute Gasteiger partial charge is 0.0771 e. The molecule has 0 aromatic carbocycles. The first-order valence-electron chi connectivity index (χ1n) is 13.7. The minimum Gasteiger partial charge on any atom is -0.393 e. The van der Waals surface area contributed by atoms with Crippen LogP contribution in [-0.4, -0.2) is 21.9 Å². The number of allylic oxidation sites excluding steroid dienone is 1. The molecule has 0 aliphatic heterocycles. The van der Waals surface area contributed by atoms with Crippen LogP contribution in [0.4, 0.5) is 0 Å². The minimum absolute atomic E-state index is 0.0472. The Kier molecular flexibility index (Phi) is 6.07. The van der Waals surface area contributed by atoms with Gasteiger partial charge in [0.25, 0.3) is 0 Å². The summed E-state index contributed by atoms with van der Waals surface area (Å²) in [5.74, 6) is 3.80. The molecule has 32 heavy (non-hydrogen) atoms. The first-order chi connectivity index (χ1) is 14.7. The lowest BCUT2D eigenvalue weighted by Gasteiger charge is -2.70. The Morgan fingerprint density at radius 3 is 2.19 bits per heavy atom. The average Bonchev–Trinajstić information content (AvgIpc) is 3.03. The molecular weight excluding hydrogens is 392 g/mol. The zero-order valence-corrected chi connectivity index (χ0v) is 22.4. The molecule has 0 bridgehead atoms. The van der Waals surface area contributed by atoms with Crippen molar-refractivity contribution in [1.82, 2.24) is 0 Å². The predicted molar refractivity (Wildman–Crippen MR) is 134 cm³/mol. The van der Waals surface area contributed by atoms with E-state index in [0.29, 0.717) is 28.1 Å². The molecule has 0 heterocycles. The zero-order valence-electron chi connectivity index (χ0n) is 22.4. The molecule has 4 aliphatic rings. The predicted octanol–water partition coefficient (Wildman–Crippen LogP) is 7.39. The maximum absolute atomic E-state index is 10.8. The van der Waals surface area contributed by atoms with Gasteiger partial charge < -0.3 is 10.2 Å². The summed E-state index contributed by atoms with van der Waals surface area (Å²) < 4.78 is 0. The first kappa shape index (κ1) is 24.8. The molecule has 0 aromatic rings. The van der Waals surface area contributed by atoms with Crippen molar-refractivity contribution in [3.63, 3.8) is 0 Å². The standard InChI is InChI=1S/C30H52O2/c1-20(10-9-16-26(2,3)32)21-13-18-29(7)22(21)11-12-24-28(6)17-15-25(31)27(4,5)23(28)14-19-30(24,29)8/h9,16,20-25,31-32H,10-15,17-19H2,1-8H3/b16-9+/t20-,21+,22+,23-,24-,25-,28-,29+,30+/m0/s1. The first-order valence-corrected chi connectivity index (χ1v) is 13.7. The van der Waals surface area contributed by atoms with Crippen LogP contribution in [0.25, 0.3) is 0 Å². The van der Waals surface area contributed by atoms with E-state index in [1.807, 2.05) is 19.9 Å². The van der Waals surface area contributed by atoms with Gasteiger partial charge in [-0.2, -0.15) is 0 Å². The van der Waals surface area contributed by atoms with Crippen molar-refractivity contribution >= 4 is 0 Å². The second-order valence-corrected chi connectivity index (χ2v) is 14.5. The molecule has 4 fully saturated rings. The maximum Gasteiger partial charge on any atom is 0.0771 e. The summed E-state index contributed by atoms with van der Waals surface area (Å²) in [6, 6.07) is 0. The van der Waals surface area contributed by atoms with Crippen LogP contribution < -0.4 is 0 Å². The zero-order chi connectivity index (χ0) is 23.7. The Labute approximate surface area is 198 Å². The average molecular weight is 445 g/mol. The Hall–Kier alpha value is -0.340. The molecule has 2 heteroatoms. The summed E-state index contributed by atoms with van der Waals surface area (Å²) in [5, 5.41) is 20.9. The molecule has 2 N–H and O–H groups in total. The van der Waals surface area contributed by atoms with Crippen molar-refractivity contribution in [2.24, 2.45) is 51.2 Å². The van der Waals surface area contributed by atoms with Crippen LogP contribution >= 0.6 is 0 Å². The van der Waals surface area contributed by atoms with Crippen molar-refractivity contribution in [2.45, 2.75) is 125 Å². The molecule has 0 amide bonds. The monoisotopic (exact) mass is 444 g/mol. The number of hydrogen-bond acceptors (Lipinski definition) is 2. The van der Waals surface area contributed by atoms with Gasteiger partial charge in [-0.1, -0.05) is 53.7 Å². The highest BCUT2D eigenvalue weighted by Crippen LogP contribution is 2.75. The van der Waals surface area contributed by atoms with Crippen molar-refractivity contribution in [3.8, 4) is 0 Å². The number of hydrogen-bond donors (Lipinski definition) is 2. The normalized spacial score (nSPS) is 49.4. The lowest BCUT2D eigenvalue weighted by molar-refractivity contribution is -0.222. The minimum atomic E-state index is -0.703. The SMILES string of the molecule is C[C@@H](C/C=C/C(C)(C)O)[C@H]1CC[C@]2(C)[C@@H]1CC[C@H]1[C@@]3(C)CC[C@H](O)C(C)(C)[C@@H]3CC[C@]12C. The van der Waals surface area contributed by atoms with E-state index in [0.717, 1.165) is 30.6 Å². The summed E-state index contributed by atoms with van der Waals surface area (Å²) >= 11 is 0. The van der Waals surface area contributed by atoms with Crippen LogP contribution in [0.2, 0.25) is 0 Å². The van der Waals surface area contributed by atoms with Crippen molar-refractivity contribution < 1.29 is 10.2 Å². The number of aliphatic hydroxyl groups excluding tert-OH is 1. The molecule has 0 aromatic heterocycles. The highest BCUT2D eigenvalue weighted by atomic mass is 16.3. The molecule has 4 saturated carbocycles. The van der Waals surface area contributed by atoms with E-state index in [4.69, 9.17) is 0 Å². The van der Waals surface area contributed by atoms with Gasteiger partial charge in [0.2, 0.25) is 0 Å². The number of fused-ring (bicyclic) bond motifs is 5. The summed E-state index contributed by atoms with van der Waals surface area (Å²) in [5.41, 5.74) is 0.597. The molecule has 184 valence electrons.